The summed E-state index contributed by atoms with van der Waals surface area (Å²) in [6.07, 6.45) is 0. The van der Waals surface area contributed by atoms with Gasteiger partial charge in [-0.05, 0) is 30.3 Å². The zero-order chi connectivity index (χ0) is 19.1. The van der Waals surface area contributed by atoms with Crippen LogP contribution in [0.1, 0.15) is 0 Å². The lowest BCUT2D eigenvalue weighted by atomic mass is 10.2. The van der Waals surface area contributed by atoms with Gasteiger partial charge in [-0.2, -0.15) is 4.31 Å². The van der Waals surface area contributed by atoms with Crippen molar-refractivity contribution in [2.45, 2.75) is 4.90 Å². The number of anilines is 1. The number of piperazine rings is 1. The number of hydrogen-bond donors (Lipinski definition) is 0. The number of pyridine rings is 1. The van der Waals surface area contributed by atoms with Gasteiger partial charge in [-0.25, -0.2) is 13.4 Å². The third-order valence-electron chi connectivity index (χ3n) is 5.13. The maximum absolute atomic E-state index is 13.0. The molecule has 1 aromatic heterocycles. The highest BCUT2D eigenvalue weighted by atomic mass is 32.2. The zero-order valence-corrected chi connectivity index (χ0v) is 15.9. The summed E-state index contributed by atoms with van der Waals surface area (Å²) < 4.78 is 38.1. The van der Waals surface area contributed by atoms with Crippen molar-refractivity contribution in [3.05, 3.63) is 54.6 Å². The smallest absolute Gasteiger partial charge is 0.243 e. The molecule has 144 valence electrons. The minimum absolute atomic E-state index is 0.121. The Morgan fingerprint density at radius 2 is 1.64 bits per heavy atom. The van der Waals surface area contributed by atoms with Crippen LogP contribution in [0, 0.1) is 0 Å². The third-order valence-corrected chi connectivity index (χ3v) is 7.02. The summed E-state index contributed by atoms with van der Waals surface area (Å²) in [6.45, 7) is 2.12. The quantitative estimate of drug-likeness (QED) is 0.676. The van der Waals surface area contributed by atoms with E-state index in [-0.39, 0.29) is 11.7 Å². The van der Waals surface area contributed by atoms with Crippen LogP contribution in [0.5, 0.6) is 11.5 Å². The van der Waals surface area contributed by atoms with Gasteiger partial charge in [0.15, 0.2) is 11.5 Å². The van der Waals surface area contributed by atoms with Crippen LogP contribution in [0.3, 0.4) is 0 Å². The van der Waals surface area contributed by atoms with E-state index in [4.69, 9.17) is 14.5 Å². The molecule has 0 bridgehead atoms. The molecule has 0 N–H and O–H groups in total. The second kappa shape index (κ2) is 6.65. The minimum Gasteiger partial charge on any atom is -0.454 e. The molecule has 3 aromatic rings. The fourth-order valence-corrected chi connectivity index (χ4v) is 5.01. The van der Waals surface area contributed by atoms with Gasteiger partial charge in [0.1, 0.15) is 5.82 Å². The SMILES string of the molecule is O=S(=O)(c1ccc2c(c1)OCO2)N1CCN(c2ccc3ccccc3n2)CC1. The number of aromatic nitrogens is 1. The second-order valence-electron chi connectivity index (χ2n) is 6.77. The first kappa shape index (κ1) is 17.3. The summed E-state index contributed by atoms with van der Waals surface area (Å²) in [4.78, 5) is 7.06. The molecule has 0 amide bonds. The van der Waals surface area contributed by atoms with Gasteiger partial charge in [-0.3, -0.25) is 0 Å². The van der Waals surface area contributed by atoms with E-state index >= 15 is 0 Å². The molecule has 0 radical (unpaired) electrons. The lowest BCUT2D eigenvalue weighted by Gasteiger charge is -2.34. The number of benzene rings is 2. The van der Waals surface area contributed by atoms with Gasteiger partial charge in [-0.1, -0.05) is 18.2 Å². The van der Waals surface area contributed by atoms with Gasteiger partial charge in [0.2, 0.25) is 16.8 Å². The Labute approximate surface area is 163 Å². The molecular formula is C20H19N3O4S. The van der Waals surface area contributed by atoms with E-state index in [2.05, 4.69) is 4.90 Å². The molecule has 0 atom stereocenters. The largest absolute Gasteiger partial charge is 0.454 e. The summed E-state index contributed by atoms with van der Waals surface area (Å²) >= 11 is 0. The van der Waals surface area contributed by atoms with Gasteiger partial charge < -0.3 is 14.4 Å². The average molecular weight is 397 g/mol. The van der Waals surface area contributed by atoms with Crippen molar-refractivity contribution in [2.24, 2.45) is 0 Å². The lowest BCUT2D eigenvalue weighted by molar-refractivity contribution is 0.174. The third kappa shape index (κ3) is 2.94. The van der Waals surface area contributed by atoms with Gasteiger partial charge >= 0.3 is 0 Å². The number of ether oxygens (including phenoxy) is 2. The van der Waals surface area contributed by atoms with Crippen LogP contribution in [-0.4, -0.2) is 50.7 Å². The molecular weight excluding hydrogens is 378 g/mol. The molecule has 2 aliphatic rings. The normalized spacial score (nSPS) is 17.2. The highest BCUT2D eigenvalue weighted by Crippen LogP contribution is 2.34. The Balaban J connectivity index is 1.33. The lowest BCUT2D eigenvalue weighted by Crippen LogP contribution is -2.48. The summed E-state index contributed by atoms with van der Waals surface area (Å²) in [7, 11) is -3.57. The van der Waals surface area contributed by atoms with Crippen LogP contribution in [0.2, 0.25) is 0 Å². The molecule has 0 saturated carbocycles. The molecule has 0 spiro atoms. The van der Waals surface area contributed by atoms with Crippen molar-refractivity contribution in [2.75, 3.05) is 37.9 Å². The van der Waals surface area contributed by atoms with Crippen LogP contribution in [0.4, 0.5) is 5.82 Å². The molecule has 0 aliphatic carbocycles. The fraction of sp³-hybridized carbons (Fsp3) is 0.250. The van der Waals surface area contributed by atoms with Crippen LogP contribution in [-0.2, 0) is 10.0 Å². The summed E-state index contributed by atoms with van der Waals surface area (Å²) in [6, 6.07) is 16.8. The molecule has 2 aromatic carbocycles. The van der Waals surface area contributed by atoms with Crippen molar-refractivity contribution >= 4 is 26.7 Å². The Kier molecular flexibility index (Phi) is 4.10. The van der Waals surface area contributed by atoms with Crippen LogP contribution in [0.15, 0.2) is 59.5 Å². The summed E-state index contributed by atoms with van der Waals surface area (Å²) in [5, 5.41) is 1.09. The number of fused-ring (bicyclic) bond motifs is 2. The monoisotopic (exact) mass is 397 g/mol. The Hall–Kier alpha value is -2.84. The molecule has 1 fully saturated rings. The standard InChI is InChI=1S/C20H19N3O4S/c24-28(25,16-6-7-18-19(13-16)27-14-26-18)23-11-9-22(10-12-23)20-8-5-15-3-1-2-4-17(15)21-20/h1-8,13H,9-12,14H2. The van der Waals surface area contributed by atoms with Crippen molar-refractivity contribution in [1.82, 2.24) is 9.29 Å². The number of hydrogen-bond acceptors (Lipinski definition) is 6. The van der Waals surface area contributed by atoms with Gasteiger partial charge in [0.25, 0.3) is 0 Å². The van der Waals surface area contributed by atoms with E-state index in [9.17, 15) is 8.42 Å². The van der Waals surface area contributed by atoms with Crippen molar-refractivity contribution < 1.29 is 17.9 Å². The highest BCUT2D eigenvalue weighted by Gasteiger charge is 2.30. The molecule has 7 nitrogen and oxygen atoms in total. The Morgan fingerprint density at radius 3 is 2.50 bits per heavy atom. The fourth-order valence-electron chi connectivity index (χ4n) is 3.58. The van der Waals surface area contributed by atoms with E-state index < -0.39 is 10.0 Å². The highest BCUT2D eigenvalue weighted by molar-refractivity contribution is 7.89. The van der Waals surface area contributed by atoms with Crippen LogP contribution < -0.4 is 14.4 Å². The van der Waals surface area contributed by atoms with Crippen molar-refractivity contribution in [3.63, 3.8) is 0 Å². The van der Waals surface area contributed by atoms with E-state index in [0.29, 0.717) is 37.7 Å². The topological polar surface area (TPSA) is 72.0 Å². The van der Waals surface area contributed by atoms with Crippen LogP contribution in [0.25, 0.3) is 10.9 Å². The molecule has 8 heteroatoms. The molecule has 2 aliphatic heterocycles. The predicted octanol–water partition coefficient (Wildman–Crippen LogP) is 2.47. The van der Waals surface area contributed by atoms with Gasteiger partial charge in [-0.15, -0.1) is 0 Å². The maximum Gasteiger partial charge on any atom is 0.243 e. The molecule has 0 unspecified atom stereocenters. The average Bonchev–Trinajstić information content (AvgIpc) is 3.21. The number of para-hydroxylation sites is 1. The number of nitrogens with zero attached hydrogens (tertiary/aromatic N) is 3. The van der Waals surface area contributed by atoms with Crippen molar-refractivity contribution in [1.29, 1.82) is 0 Å². The van der Waals surface area contributed by atoms with Crippen molar-refractivity contribution in [3.8, 4) is 11.5 Å². The van der Waals surface area contributed by atoms with E-state index in [1.165, 1.54) is 10.4 Å². The predicted molar refractivity (Wildman–Crippen MR) is 105 cm³/mol. The first-order valence-corrected chi connectivity index (χ1v) is 10.6. The Morgan fingerprint density at radius 1 is 0.857 bits per heavy atom. The molecule has 3 heterocycles. The molecule has 1 saturated heterocycles. The summed E-state index contributed by atoms with van der Waals surface area (Å²) in [5.74, 6) is 1.92. The van der Waals surface area contributed by atoms with E-state index in [1.54, 1.807) is 12.1 Å². The minimum atomic E-state index is -3.57. The van der Waals surface area contributed by atoms with E-state index in [1.807, 2.05) is 36.4 Å². The first-order valence-electron chi connectivity index (χ1n) is 9.12. The number of rotatable bonds is 3. The Bertz CT molecular complexity index is 1140. The number of sulfonamides is 1. The molecule has 28 heavy (non-hydrogen) atoms. The second-order valence-corrected chi connectivity index (χ2v) is 8.71. The maximum atomic E-state index is 13.0. The van der Waals surface area contributed by atoms with Gasteiger partial charge in [0.05, 0.1) is 10.4 Å². The summed E-state index contributed by atoms with van der Waals surface area (Å²) in [5.41, 5.74) is 0.940. The van der Waals surface area contributed by atoms with E-state index in [0.717, 1.165) is 16.7 Å². The van der Waals surface area contributed by atoms with Gasteiger partial charge in [0, 0.05) is 37.6 Å². The first-order chi connectivity index (χ1) is 13.6. The van der Waals surface area contributed by atoms with Crippen LogP contribution >= 0.6 is 0 Å². The zero-order valence-electron chi connectivity index (χ0n) is 15.1. The molecule has 5 rings (SSSR count).